The highest BCUT2D eigenvalue weighted by molar-refractivity contribution is 6.06. The van der Waals surface area contributed by atoms with Crippen LogP contribution in [0.2, 0.25) is 0 Å². The Labute approximate surface area is 197 Å². The summed E-state index contributed by atoms with van der Waals surface area (Å²) in [5.74, 6) is 0.228. The van der Waals surface area contributed by atoms with Crippen LogP contribution in [-0.4, -0.2) is 20.0 Å². The minimum Gasteiger partial charge on any atom is -0.325 e. The second-order valence-electron chi connectivity index (χ2n) is 8.79. The summed E-state index contributed by atoms with van der Waals surface area (Å²) in [5.41, 5.74) is 4.64. The summed E-state index contributed by atoms with van der Waals surface area (Å²) >= 11 is 0. The van der Waals surface area contributed by atoms with E-state index in [4.69, 9.17) is 0 Å². The number of hydrogen-bond donors (Lipinski definition) is 1. The predicted octanol–water partition coefficient (Wildman–Crippen LogP) is 5.16. The molecule has 0 fully saturated rings. The first kappa shape index (κ1) is 21.6. The average molecular weight is 451 g/mol. The van der Waals surface area contributed by atoms with Gasteiger partial charge in [-0.15, -0.1) is 0 Å². The fourth-order valence-electron chi connectivity index (χ4n) is 4.30. The van der Waals surface area contributed by atoms with Gasteiger partial charge in [-0.25, -0.2) is 4.98 Å². The number of anilines is 1. The number of amides is 1. The van der Waals surface area contributed by atoms with Gasteiger partial charge in [-0.2, -0.15) is 0 Å². The van der Waals surface area contributed by atoms with Gasteiger partial charge in [0, 0.05) is 11.1 Å². The third-order valence-corrected chi connectivity index (χ3v) is 6.09. The van der Waals surface area contributed by atoms with Gasteiger partial charge in [0.25, 0.3) is 5.56 Å². The zero-order valence-corrected chi connectivity index (χ0v) is 19.2. The van der Waals surface area contributed by atoms with E-state index in [0.717, 1.165) is 22.2 Å². The zero-order chi connectivity index (χ0) is 23.7. The summed E-state index contributed by atoms with van der Waals surface area (Å²) < 4.78 is 3.37. The number of carbonyl (C=O) groups excluding carboxylic acids is 1. The molecule has 0 aliphatic rings. The normalized spacial score (nSPS) is 11.4. The first-order chi connectivity index (χ1) is 16.5. The van der Waals surface area contributed by atoms with Gasteiger partial charge in [0.2, 0.25) is 5.91 Å². The molecule has 5 rings (SSSR count). The Kier molecular flexibility index (Phi) is 5.72. The van der Waals surface area contributed by atoms with E-state index in [9.17, 15) is 9.59 Å². The molecule has 6 nitrogen and oxygen atoms in total. The number of fused-ring (bicyclic) bond motifs is 3. The van der Waals surface area contributed by atoms with Crippen LogP contribution in [0.3, 0.4) is 0 Å². The maximum atomic E-state index is 13.5. The van der Waals surface area contributed by atoms with Crippen LogP contribution in [0.5, 0.6) is 0 Å². The lowest BCUT2D eigenvalue weighted by molar-refractivity contribution is -0.116. The highest BCUT2D eigenvalue weighted by Gasteiger charge is 2.18. The van der Waals surface area contributed by atoms with Crippen molar-refractivity contribution in [3.63, 3.8) is 0 Å². The third kappa shape index (κ3) is 4.10. The molecule has 0 unspecified atom stereocenters. The van der Waals surface area contributed by atoms with Crippen molar-refractivity contribution >= 4 is 33.5 Å². The van der Waals surface area contributed by atoms with Crippen LogP contribution >= 0.6 is 0 Å². The molecular formula is C28H26N4O2. The number of rotatable bonds is 6. The molecule has 0 bridgehead atoms. The zero-order valence-electron chi connectivity index (χ0n) is 19.2. The first-order valence-electron chi connectivity index (χ1n) is 11.4. The molecule has 0 aliphatic heterocycles. The molecule has 2 heterocycles. The minimum absolute atomic E-state index is 0.0161. The Balaban J connectivity index is 1.52. The number of hydrogen-bond acceptors (Lipinski definition) is 3. The highest BCUT2D eigenvalue weighted by atomic mass is 16.2. The second kappa shape index (κ2) is 8.98. The SMILES string of the molecule is CC(C)c1ccc(NC(=O)Cn2c3ccccc3c3ncn(Cc4ccccc4)c(=O)c32)cc1. The number of nitrogens with zero attached hydrogens (tertiary/aromatic N) is 3. The molecule has 0 radical (unpaired) electrons. The number of nitrogens with one attached hydrogen (secondary N) is 1. The van der Waals surface area contributed by atoms with E-state index in [1.54, 1.807) is 15.5 Å². The van der Waals surface area contributed by atoms with Gasteiger partial charge in [0.05, 0.1) is 18.4 Å². The molecular weight excluding hydrogens is 424 g/mol. The van der Waals surface area contributed by atoms with E-state index in [-0.39, 0.29) is 18.0 Å². The molecule has 1 amide bonds. The summed E-state index contributed by atoms with van der Waals surface area (Å²) in [6.07, 6.45) is 1.59. The maximum absolute atomic E-state index is 13.5. The molecule has 34 heavy (non-hydrogen) atoms. The fourth-order valence-corrected chi connectivity index (χ4v) is 4.30. The van der Waals surface area contributed by atoms with Crippen molar-refractivity contribution in [1.29, 1.82) is 0 Å². The number of aromatic nitrogens is 3. The maximum Gasteiger partial charge on any atom is 0.278 e. The lowest BCUT2D eigenvalue weighted by Crippen LogP contribution is -2.25. The number of benzene rings is 3. The van der Waals surface area contributed by atoms with Gasteiger partial charge in [-0.1, -0.05) is 74.5 Å². The summed E-state index contributed by atoms with van der Waals surface area (Å²) in [5, 5.41) is 3.82. The molecule has 0 saturated carbocycles. The third-order valence-electron chi connectivity index (χ3n) is 6.09. The number of carbonyl (C=O) groups is 1. The van der Waals surface area contributed by atoms with Crippen molar-refractivity contribution in [3.05, 3.63) is 107 Å². The standard InChI is InChI=1S/C28H26N4O2/c1-19(2)21-12-14-22(15-13-21)30-25(33)17-32-24-11-7-6-10-23(24)26-27(32)28(34)31(18-29-26)16-20-8-4-3-5-9-20/h3-15,18-19H,16-17H2,1-2H3,(H,30,33). The molecule has 2 aromatic heterocycles. The monoisotopic (exact) mass is 450 g/mol. The first-order valence-corrected chi connectivity index (χ1v) is 11.4. The molecule has 0 atom stereocenters. The van der Waals surface area contributed by atoms with Gasteiger partial charge in [0.15, 0.2) is 0 Å². The van der Waals surface area contributed by atoms with E-state index < -0.39 is 0 Å². The predicted molar refractivity (Wildman–Crippen MR) is 136 cm³/mol. The Bertz CT molecular complexity index is 1530. The molecule has 6 heteroatoms. The van der Waals surface area contributed by atoms with E-state index in [0.29, 0.717) is 23.5 Å². The van der Waals surface area contributed by atoms with Gasteiger partial charge < -0.3 is 9.88 Å². The van der Waals surface area contributed by atoms with Crippen molar-refractivity contribution in [2.24, 2.45) is 0 Å². The van der Waals surface area contributed by atoms with Crippen LogP contribution in [0.4, 0.5) is 5.69 Å². The Morgan fingerprint density at radius 3 is 2.38 bits per heavy atom. The number of para-hydroxylation sites is 1. The van der Waals surface area contributed by atoms with Crippen molar-refractivity contribution in [3.8, 4) is 0 Å². The minimum atomic E-state index is -0.196. The summed E-state index contributed by atoms with van der Waals surface area (Å²) in [4.78, 5) is 31.2. The summed E-state index contributed by atoms with van der Waals surface area (Å²) in [7, 11) is 0. The van der Waals surface area contributed by atoms with E-state index in [1.807, 2.05) is 78.9 Å². The molecule has 5 aromatic rings. The Morgan fingerprint density at radius 2 is 1.65 bits per heavy atom. The Morgan fingerprint density at radius 1 is 0.941 bits per heavy atom. The van der Waals surface area contributed by atoms with Gasteiger partial charge in [0.1, 0.15) is 17.6 Å². The summed E-state index contributed by atoms with van der Waals surface area (Å²) in [6.45, 7) is 4.70. The Hall–Kier alpha value is -4.19. The molecule has 0 saturated heterocycles. The highest BCUT2D eigenvalue weighted by Crippen LogP contribution is 2.25. The van der Waals surface area contributed by atoms with Gasteiger partial charge >= 0.3 is 0 Å². The second-order valence-corrected chi connectivity index (χ2v) is 8.79. The molecule has 3 aromatic carbocycles. The van der Waals surface area contributed by atoms with Crippen LogP contribution < -0.4 is 10.9 Å². The van der Waals surface area contributed by atoms with E-state index in [2.05, 4.69) is 24.1 Å². The van der Waals surface area contributed by atoms with Crippen LogP contribution in [0, 0.1) is 0 Å². The molecule has 1 N–H and O–H groups in total. The van der Waals surface area contributed by atoms with Gasteiger partial charge in [-0.05, 0) is 35.2 Å². The largest absolute Gasteiger partial charge is 0.325 e. The molecule has 0 aliphatic carbocycles. The molecule has 0 spiro atoms. The molecule has 170 valence electrons. The lowest BCUT2D eigenvalue weighted by atomic mass is 10.0. The van der Waals surface area contributed by atoms with Crippen LogP contribution in [0.15, 0.2) is 90.0 Å². The van der Waals surface area contributed by atoms with Crippen LogP contribution in [-0.2, 0) is 17.9 Å². The van der Waals surface area contributed by atoms with Crippen molar-refractivity contribution in [1.82, 2.24) is 14.1 Å². The average Bonchev–Trinajstić information content (AvgIpc) is 3.16. The fraction of sp³-hybridized carbons (Fsp3) is 0.179. The van der Waals surface area contributed by atoms with Crippen molar-refractivity contribution < 1.29 is 4.79 Å². The van der Waals surface area contributed by atoms with E-state index in [1.165, 1.54) is 5.56 Å². The van der Waals surface area contributed by atoms with Gasteiger partial charge in [-0.3, -0.25) is 14.2 Å². The topological polar surface area (TPSA) is 68.9 Å². The van der Waals surface area contributed by atoms with Crippen molar-refractivity contribution in [2.45, 2.75) is 32.9 Å². The van der Waals surface area contributed by atoms with E-state index >= 15 is 0 Å². The summed E-state index contributed by atoms with van der Waals surface area (Å²) in [6, 6.07) is 25.3. The van der Waals surface area contributed by atoms with Crippen molar-refractivity contribution in [2.75, 3.05) is 5.32 Å². The van der Waals surface area contributed by atoms with Crippen LogP contribution in [0.25, 0.3) is 21.9 Å². The lowest BCUT2D eigenvalue weighted by Gasteiger charge is -2.11. The smallest absolute Gasteiger partial charge is 0.278 e. The quantitative estimate of drug-likeness (QED) is 0.388. The van der Waals surface area contributed by atoms with Crippen LogP contribution in [0.1, 0.15) is 30.9 Å².